The van der Waals surface area contributed by atoms with Crippen molar-refractivity contribution in [1.82, 2.24) is 0 Å². The van der Waals surface area contributed by atoms with Crippen molar-refractivity contribution in [2.75, 3.05) is 13.2 Å². The molecule has 1 heterocycles. The van der Waals surface area contributed by atoms with Crippen molar-refractivity contribution in [3.05, 3.63) is 55.1 Å². The van der Waals surface area contributed by atoms with Crippen LogP contribution >= 0.6 is 43.2 Å². The van der Waals surface area contributed by atoms with Gasteiger partial charge in [0.1, 0.15) is 0 Å². The first-order valence-corrected chi connectivity index (χ1v) is 8.22. The molecule has 19 heavy (non-hydrogen) atoms. The summed E-state index contributed by atoms with van der Waals surface area (Å²) in [5, 5.41) is 19.7. The molecule has 0 aliphatic carbocycles. The van der Waals surface area contributed by atoms with Crippen LogP contribution in [0.3, 0.4) is 0 Å². The van der Waals surface area contributed by atoms with E-state index in [1.54, 1.807) is 11.3 Å². The molecule has 0 saturated carbocycles. The largest absolute Gasteiger partial charge is 0.395 e. The number of hydrogen-bond acceptors (Lipinski definition) is 3. The summed E-state index contributed by atoms with van der Waals surface area (Å²) in [5.41, 5.74) is 0.272. The van der Waals surface area contributed by atoms with E-state index in [1.807, 2.05) is 36.4 Å². The van der Waals surface area contributed by atoms with Gasteiger partial charge in [-0.1, -0.05) is 34.1 Å². The molecule has 2 aromatic rings. The topological polar surface area (TPSA) is 40.5 Å². The Morgan fingerprint density at radius 2 is 1.68 bits per heavy atom. The second-order valence-corrected chi connectivity index (χ2v) is 7.86. The molecule has 1 aromatic heterocycles. The fraction of sp³-hybridized carbons (Fsp3) is 0.286. The van der Waals surface area contributed by atoms with Crippen LogP contribution in [-0.2, 0) is 11.8 Å². The quantitative estimate of drug-likeness (QED) is 0.795. The normalized spacial score (nSPS) is 11.8. The second kappa shape index (κ2) is 6.50. The van der Waals surface area contributed by atoms with Gasteiger partial charge in [0.15, 0.2) is 0 Å². The zero-order valence-corrected chi connectivity index (χ0v) is 14.1. The summed E-state index contributed by atoms with van der Waals surface area (Å²) in [7, 11) is 0. The average molecular weight is 406 g/mol. The molecule has 1 aromatic carbocycles. The molecule has 0 atom stereocenters. The highest BCUT2D eigenvalue weighted by Crippen LogP contribution is 2.35. The molecule has 0 spiro atoms. The van der Waals surface area contributed by atoms with Crippen LogP contribution < -0.4 is 0 Å². The second-order valence-electron chi connectivity index (χ2n) is 4.46. The SMILES string of the molecule is OCC(CO)(Cc1ccc(Br)s1)c1ccccc1Br. The standard InChI is InChI=1S/C14H14Br2O2S/c15-12-4-2-1-3-11(12)14(8-17,9-18)7-10-5-6-13(16)19-10/h1-6,17-18H,7-9H2. The molecule has 5 heteroatoms. The van der Waals surface area contributed by atoms with Gasteiger partial charge >= 0.3 is 0 Å². The first-order chi connectivity index (χ1) is 9.11. The highest BCUT2D eigenvalue weighted by atomic mass is 79.9. The molecular weight excluding hydrogens is 392 g/mol. The molecule has 2 nitrogen and oxygen atoms in total. The summed E-state index contributed by atoms with van der Waals surface area (Å²) < 4.78 is 1.97. The van der Waals surface area contributed by atoms with Gasteiger partial charge in [-0.05, 0) is 46.1 Å². The fourth-order valence-corrected chi connectivity index (χ4v) is 4.43. The first kappa shape index (κ1) is 15.2. The summed E-state index contributed by atoms with van der Waals surface area (Å²) in [6, 6.07) is 11.7. The van der Waals surface area contributed by atoms with E-state index in [9.17, 15) is 10.2 Å². The third-order valence-corrected chi connectivity index (χ3v) is 5.51. The highest BCUT2D eigenvalue weighted by molar-refractivity contribution is 9.11. The summed E-state index contributed by atoms with van der Waals surface area (Å²) >= 11 is 8.57. The molecule has 2 rings (SSSR count). The van der Waals surface area contributed by atoms with Crippen molar-refractivity contribution in [3.63, 3.8) is 0 Å². The summed E-state index contributed by atoms with van der Waals surface area (Å²) in [6.45, 7) is -0.191. The summed E-state index contributed by atoms with van der Waals surface area (Å²) in [6.07, 6.45) is 0.610. The van der Waals surface area contributed by atoms with E-state index in [2.05, 4.69) is 31.9 Å². The minimum Gasteiger partial charge on any atom is -0.395 e. The van der Waals surface area contributed by atoms with E-state index >= 15 is 0 Å². The maximum Gasteiger partial charge on any atom is 0.0701 e. The molecule has 0 unspecified atom stereocenters. The number of benzene rings is 1. The van der Waals surface area contributed by atoms with Gasteiger partial charge in [0.05, 0.1) is 17.0 Å². The number of thiophene rings is 1. The van der Waals surface area contributed by atoms with E-state index in [1.165, 1.54) is 0 Å². The Morgan fingerprint density at radius 1 is 1.00 bits per heavy atom. The zero-order valence-electron chi connectivity index (χ0n) is 10.1. The van der Waals surface area contributed by atoms with Crippen molar-refractivity contribution in [1.29, 1.82) is 0 Å². The molecule has 0 radical (unpaired) electrons. The van der Waals surface area contributed by atoms with Crippen molar-refractivity contribution >= 4 is 43.2 Å². The van der Waals surface area contributed by atoms with Gasteiger partial charge < -0.3 is 10.2 Å². The number of aliphatic hydroxyl groups excluding tert-OH is 2. The Bertz CT molecular complexity index is 550. The molecule has 0 aliphatic heterocycles. The van der Waals surface area contributed by atoms with Crippen molar-refractivity contribution in [2.24, 2.45) is 0 Å². The minimum atomic E-state index is -0.662. The van der Waals surface area contributed by atoms with Crippen molar-refractivity contribution in [3.8, 4) is 0 Å². The Labute approximate surface area is 133 Å². The van der Waals surface area contributed by atoms with Crippen LogP contribution in [0.15, 0.2) is 44.7 Å². The lowest BCUT2D eigenvalue weighted by atomic mass is 9.78. The van der Waals surface area contributed by atoms with E-state index in [0.29, 0.717) is 6.42 Å². The smallest absolute Gasteiger partial charge is 0.0701 e. The first-order valence-electron chi connectivity index (χ1n) is 5.82. The Hall–Kier alpha value is -0.200. The summed E-state index contributed by atoms with van der Waals surface area (Å²) in [4.78, 5) is 1.13. The predicted octanol–water partition coefficient (Wildman–Crippen LogP) is 3.74. The van der Waals surface area contributed by atoms with Gasteiger partial charge in [0.25, 0.3) is 0 Å². The lowest BCUT2D eigenvalue weighted by Gasteiger charge is -2.31. The maximum atomic E-state index is 9.83. The minimum absolute atomic E-state index is 0.0956. The van der Waals surface area contributed by atoms with Crippen LogP contribution in [0, 0.1) is 0 Å². The molecule has 0 fully saturated rings. The van der Waals surface area contributed by atoms with Crippen LogP contribution in [0.4, 0.5) is 0 Å². The lowest BCUT2D eigenvalue weighted by Crippen LogP contribution is -2.37. The molecule has 0 bridgehead atoms. The number of hydrogen-bond donors (Lipinski definition) is 2. The number of aliphatic hydroxyl groups is 2. The third kappa shape index (κ3) is 3.28. The Balaban J connectivity index is 2.40. The molecule has 0 aliphatic rings. The van der Waals surface area contributed by atoms with Crippen LogP contribution in [0.25, 0.3) is 0 Å². The molecule has 102 valence electrons. The van der Waals surface area contributed by atoms with E-state index in [0.717, 1.165) is 18.7 Å². The van der Waals surface area contributed by atoms with Gasteiger partial charge in [-0.3, -0.25) is 0 Å². The zero-order chi connectivity index (χ0) is 13.9. The van der Waals surface area contributed by atoms with Crippen LogP contribution in [-0.4, -0.2) is 23.4 Å². The van der Waals surface area contributed by atoms with Gasteiger partial charge in [0, 0.05) is 14.8 Å². The van der Waals surface area contributed by atoms with Crippen LogP contribution in [0.5, 0.6) is 0 Å². The summed E-state index contributed by atoms with van der Waals surface area (Å²) in [5.74, 6) is 0. The van der Waals surface area contributed by atoms with Crippen molar-refractivity contribution < 1.29 is 10.2 Å². The predicted molar refractivity (Wildman–Crippen MR) is 85.7 cm³/mol. The number of halogens is 2. The molecule has 0 amide bonds. The lowest BCUT2D eigenvalue weighted by molar-refractivity contribution is 0.116. The van der Waals surface area contributed by atoms with E-state index < -0.39 is 5.41 Å². The van der Waals surface area contributed by atoms with E-state index in [4.69, 9.17) is 0 Å². The van der Waals surface area contributed by atoms with Crippen LogP contribution in [0.2, 0.25) is 0 Å². The van der Waals surface area contributed by atoms with Gasteiger partial charge in [-0.2, -0.15) is 0 Å². The number of rotatable bonds is 5. The van der Waals surface area contributed by atoms with E-state index in [-0.39, 0.29) is 13.2 Å². The Morgan fingerprint density at radius 3 is 2.21 bits per heavy atom. The van der Waals surface area contributed by atoms with Crippen LogP contribution in [0.1, 0.15) is 10.4 Å². The van der Waals surface area contributed by atoms with Gasteiger partial charge in [-0.15, -0.1) is 11.3 Å². The average Bonchev–Trinajstić information content (AvgIpc) is 2.82. The molecule has 2 N–H and O–H groups in total. The third-order valence-electron chi connectivity index (χ3n) is 3.19. The Kier molecular flexibility index (Phi) is 5.20. The molecule has 0 saturated heterocycles. The molecular formula is C14H14Br2O2S. The highest BCUT2D eigenvalue weighted by Gasteiger charge is 2.33. The fourth-order valence-electron chi connectivity index (χ4n) is 2.10. The van der Waals surface area contributed by atoms with Gasteiger partial charge in [-0.25, -0.2) is 0 Å². The monoisotopic (exact) mass is 404 g/mol. The van der Waals surface area contributed by atoms with Gasteiger partial charge in [0.2, 0.25) is 0 Å². The van der Waals surface area contributed by atoms with Crippen molar-refractivity contribution in [2.45, 2.75) is 11.8 Å². The maximum absolute atomic E-state index is 9.83.